The molecule has 1 aromatic rings. The molecule has 7 nitrogen and oxygen atoms in total. The van der Waals surface area contributed by atoms with Crippen molar-refractivity contribution in [2.75, 3.05) is 31.5 Å². The Morgan fingerprint density at radius 3 is 2.48 bits per heavy atom. The second-order valence-corrected chi connectivity index (χ2v) is 6.11. The number of carbonyl (C=O) groups is 2. The minimum absolute atomic E-state index is 0.148. The predicted molar refractivity (Wildman–Crippen MR) is 101 cm³/mol. The third-order valence-electron chi connectivity index (χ3n) is 3.83. The normalized spacial score (nSPS) is 11.9. The van der Waals surface area contributed by atoms with Gasteiger partial charge >= 0.3 is 6.03 Å². The summed E-state index contributed by atoms with van der Waals surface area (Å²) in [4.78, 5) is 30.3. The van der Waals surface area contributed by atoms with Gasteiger partial charge in [0.2, 0.25) is 0 Å². The maximum atomic E-state index is 12.4. The minimum atomic E-state index is -0.377. The van der Waals surface area contributed by atoms with Gasteiger partial charge in [0.25, 0.3) is 5.91 Å². The summed E-state index contributed by atoms with van der Waals surface area (Å²) >= 11 is 5.97. The van der Waals surface area contributed by atoms with Gasteiger partial charge in [-0.1, -0.05) is 32.4 Å². The zero-order valence-corrected chi connectivity index (χ0v) is 16.1. The van der Waals surface area contributed by atoms with Gasteiger partial charge in [-0.05, 0) is 38.6 Å². The van der Waals surface area contributed by atoms with Crippen molar-refractivity contribution in [3.8, 4) is 0 Å². The number of rotatable bonds is 9. The number of halogens is 1. The number of likely N-dealkylation sites (N-methyl/N-ethyl adjacent to an activating group) is 1. The number of anilines is 1. The highest BCUT2D eigenvalue weighted by atomic mass is 35.5. The second kappa shape index (κ2) is 10.9. The number of urea groups is 1. The van der Waals surface area contributed by atoms with Crippen molar-refractivity contribution in [1.82, 2.24) is 20.5 Å². The molecule has 0 aliphatic rings. The second-order valence-electron chi connectivity index (χ2n) is 5.72. The van der Waals surface area contributed by atoms with Crippen LogP contribution in [0.5, 0.6) is 0 Å². The summed E-state index contributed by atoms with van der Waals surface area (Å²) in [7, 11) is 0. The van der Waals surface area contributed by atoms with E-state index in [1.807, 2.05) is 6.92 Å². The van der Waals surface area contributed by atoms with E-state index in [1.165, 1.54) is 12.1 Å². The number of amides is 3. The first kappa shape index (κ1) is 21.2. The fourth-order valence-corrected chi connectivity index (χ4v) is 2.62. The Morgan fingerprint density at radius 2 is 1.88 bits per heavy atom. The fraction of sp³-hybridized carbons (Fsp3) is 0.588. The highest BCUT2D eigenvalue weighted by Gasteiger charge is 2.14. The fourth-order valence-electron chi connectivity index (χ4n) is 2.41. The van der Waals surface area contributed by atoms with Gasteiger partial charge in [-0.25, -0.2) is 9.78 Å². The summed E-state index contributed by atoms with van der Waals surface area (Å²) in [6.45, 7) is 11.1. The van der Waals surface area contributed by atoms with Crippen LogP contribution < -0.4 is 16.0 Å². The van der Waals surface area contributed by atoms with E-state index in [4.69, 9.17) is 11.6 Å². The molecule has 1 unspecified atom stereocenters. The number of hydrogen-bond acceptors (Lipinski definition) is 4. The van der Waals surface area contributed by atoms with E-state index in [2.05, 4.69) is 46.6 Å². The molecule has 1 rings (SSSR count). The third-order valence-corrected chi connectivity index (χ3v) is 4.02. The molecule has 140 valence electrons. The SMILES string of the molecule is CCCNC(=O)Nc1cc(C(=O)NCC(C)N(CC)CC)cc(Cl)n1. The van der Waals surface area contributed by atoms with Gasteiger partial charge in [-0.2, -0.15) is 0 Å². The van der Waals surface area contributed by atoms with Crippen LogP contribution in [0.4, 0.5) is 10.6 Å². The van der Waals surface area contributed by atoms with Crippen molar-refractivity contribution in [3.63, 3.8) is 0 Å². The van der Waals surface area contributed by atoms with Gasteiger partial charge in [0.1, 0.15) is 11.0 Å². The van der Waals surface area contributed by atoms with Crippen LogP contribution in [0.3, 0.4) is 0 Å². The summed E-state index contributed by atoms with van der Waals surface area (Å²) in [5, 5.41) is 8.30. The van der Waals surface area contributed by atoms with Gasteiger partial charge in [0.15, 0.2) is 0 Å². The lowest BCUT2D eigenvalue weighted by molar-refractivity contribution is 0.0938. The molecule has 0 fully saturated rings. The summed E-state index contributed by atoms with van der Waals surface area (Å²) in [6, 6.07) is 2.84. The van der Waals surface area contributed by atoms with Crippen LogP contribution in [-0.2, 0) is 0 Å². The van der Waals surface area contributed by atoms with Crippen LogP contribution in [0.2, 0.25) is 5.15 Å². The first-order valence-electron chi connectivity index (χ1n) is 8.65. The maximum Gasteiger partial charge on any atom is 0.320 e. The van der Waals surface area contributed by atoms with E-state index in [1.54, 1.807) is 0 Å². The van der Waals surface area contributed by atoms with Gasteiger partial charge in [-0.3, -0.25) is 15.0 Å². The first-order chi connectivity index (χ1) is 11.9. The summed E-state index contributed by atoms with van der Waals surface area (Å²) < 4.78 is 0. The predicted octanol–water partition coefficient (Wildman–Crippen LogP) is 2.73. The van der Waals surface area contributed by atoms with E-state index in [-0.39, 0.29) is 29.0 Å². The molecule has 25 heavy (non-hydrogen) atoms. The van der Waals surface area contributed by atoms with Gasteiger partial charge < -0.3 is 10.6 Å². The number of carbonyl (C=O) groups excluding carboxylic acids is 2. The van der Waals surface area contributed by atoms with E-state index < -0.39 is 0 Å². The molecule has 8 heteroatoms. The lowest BCUT2D eigenvalue weighted by Gasteiger charge is -2.26. The zero-order chi connectivity index (χ0) is 18.8. The topological polar surface area (TPSA) is 86.4 Å². The minimum Gasteiger partial charge on any atom is -0.350 e. The molecular weight excluding hydrogens is 342 g/mol. The molecule has 0 aromatic carbocycles. The summed E-state index contributed by atoms with van der Waals surface area (Å²) in [6.07, 6.45) is 0.828. The van der Waals surface area contributed by atoms with Crippen LogP contribution in [0, 0.1) is 0 Å². The summed E-state index contributed by atoms with van der Waals surface area (Å²) in [5.74, 6) is -0.0108. The summed E-state index contributed by atoms with van der Waals surface area (Å²) in [5.41, 5.74) is 0.359. The number of nitrogens with one attached hydrogen (secondary N) is 3. The number of pyridine rings is 1. The molecule has 1 heterocycles. The molecule has 0 aliphatic carbocycles. The first-order valence-corrected chi connectivity index (χ1v) is 9.03. The number of aromatic nitrogens is 1. The molecule has 0 spiro atoms. The Hall–Kier alpha value is -1.86. The van der Waals surface area contributed by atoms with Crippen LogP contribution in [0.25, 0.3) is 0 Å². The van der Waals surface area contributed by atoms with E-state index in [9.17, 15) is 9.59 Å². The molecule has 1 aromatic heterocycles. The van der Waals surface area contributed by atoms with E-state index >= 15 is 0 Å². The van der Waals surface area contributed by atoms with E-state index in [0.29, 0.717) is 18.7 Å². The smallest absolute Gasteiger partial charge is 0.320 e. The van der Waals surface area contributed by atoms with Gasteiger partial charge in [0, 0.05) is 24.7 Å². The van der Waals surface area contributed by atoms with Crippen molar-refractivity contribution in [3.05, 3.63) is 22.8 Å². The molecule has 3 N–H and O–H groups in total. The van der Waals surface area contributed by atoms with Crippen molar-refractivity contribution >= 4 is 29.4 Å². The zero-order valence-electron chi connectivity index (χ0n) is 15.4. The van der Waals surface area contributed by atoms with Gasteiger partial charge in [0.05, 0.1) is 0 Å². The third kappa shape index (κ3) is 7.27. The monoisotopic (exact) mass is 369 g/mol. The number of hydrogen-bond donors (Lipinski definition) is 3. The Balaban J connectivity index is 2.71. The lowest BCUT2D eigenvalue weighted by atomic mass is 10.2. The van der Waals surface area contributed by atoms with Crippen molar-refractivity contribution in [1.29, 1.82) is 0 Å². The Kier molecular flexibility index (Phi) is 9.23. The molecule has 0 saturated carbocycles. The molecule has 0 saturated heterocycles. The average molecular weight is 370 g/mol. The largest absolute Gasteiger partial charge is 0.350 e. The standard InChI is InChI=1S/C17H28ClN5O2/c1-5-8-19-17(25)22-15-10-13(9-14(18)21-15)16(24)20-11-12(4)23(6-2)7-3/h9-10,12H,5-8,11H2,1-4H3,(H,20,24)(H2,19,21,22,25). The quantitative estimate of drug-likeness (QED) is 0.584. The number of nitrogens with zero attached hydrogens (tertiary/aromatic N) is 2. The molecule has 0 radical (unpaired) electrons. The highest BCUT2D eigenvalue weighted by molar-refractivity contribution is 6.30. The maximum absolute atomic E-state index is 12.4. The van der Waals surface area contributed by atoms with Crippen LogP contribution in [0.1, 0.15) is 44.5 Å². The molecule has 0 aliphatic heterocycles. The molecule has 0 bridgehead atoms. The molecule has 3 amide bonds. The molecular formula is C17H28ClN5O2. The molecule has 1 atom stereocenters. The van der Waals surface area contributed by atoms with Crippen molar-refractivity contribution in [2.45, 2.75) is 40.2 Å². The van der Waals surface area contributed by atoms with Crippen LogP contribution >= 0.6 is 11.6 Å². The Labute approximate surface area is 154 Å². The highest BCUT2D eigenvalue weighted by Crippen LogP contribution is 2.14. The van der Waals surface area contributed by atoms with Crippen LogP contribution in [-0.4, -0.2) is 54.0 Å². The Morgan fingerprint density at radius 1 is 1.20 bits per heavy atom. The average Bonchev–Trinajstić information content (AvgIpc) is 2.58. The van der Waals surface area contributed by atoms with Crippen LogP contribution in [0.15, 0.2) is 12.1 Å². The van der Waals surface area contributed by atoms with E-state index in [0.717, 1.165) is 19.5 Å². The van der Waals surface area contributed by atoms with Gasteiger partial charge in [-0.15, -0.1) is 0 Å². The van der Waals surface area contributed by atoms with Crippen molar-refractivity contribution in [2.24, 2.45) is 0 Å². The Bertz CT molecular complexity index is 578. The van der Waals surface area contributed by atoms with Crippen molar-refractivity contribution < 1.29 is 9.59 Å². The lowest BCUT2D eigenvalue weighted by Crippen LogP contribution is -2.42.